The first kappa shape index (κ1) is 18.1. The summed E-state index contributed by atoms with van der Waals surface area (Å²) in [6.45, 7) is 1.36. The van der Waals surface area contributed by atoms with E-state index in [9.17, 15) is 9.18 Å². The molecule has 134 valence electrons. The number of thioether (sulfide) groups is 1. The Morgan fingerprint density at radius 3 is 2.85 bits per heavy atom. The summed E-state index contributed by atoms with van der Waals surface area (Å²) in [5.41, 5.74) is 2.12. The van der Waals surface area contributed by atoms with Gasteiger partial charge in [0.05, 0.1) is 5.69 Å². The van der Waals surface area contributed by atoms with Gasteiger partial charge >= 0.3 is 0 Å². The lowest BCUT2D eigenvalue weighted by atomic mass is 10.1. The predicted molar refractivity (Wildman–Crippen MR) is 98.7 cm³/mol. The third-order valence-corrected chi connectivity index (χ3v) is 4.95. The summed E-state index contributed by atoms with van der Waals surface area (Å²) < 4.78 is 14.6. The van der Waals surface area contributed by atoms with E-state index in [-0.39, 0.29) is 22.5 Å². The standard InChI is InChI=1S/C18H18FN5OS/c1-12(26-18-23-20-11-24(18)2)13-5-3-6-14(9-13)22-17(25)16-8-4-7-15(10-19)21-16/h3-9,11-12H,10H2,1-2H3,(H,22,25)/t12-/m0/s1. The number of aryl methyl sites for hydroxylation is 1. The molecule has 1 atom stereocenters. The van der Waals surface area contributed by atoms with E-state index >= 15 is 0 Å². The van der Waals surface area contributed by atoms with Crippen LogP contribution in [0.5, 0.6) is 0 Å². The number of pyridine rings is 1. The molecular weight excluding hydrogens is 353 g/mol. The van der Waals surface area contributed by atoms with Crippen molar-refractivity contribution in [3.05, 3.63) is 65.7 Å². The highest BCUT2D eigenvalue weighted by Gasteiger charge is 2.13. The number of carbonyl (C=O) groups is 1. The molecule has 0 aliphatic carbocycles. The normalized spacial score (nSPS) is 12.0. The molecule has 2 heterocycles. The van der Waals surface area contributed by atoms with E-state index in [1.165, 1.54) is 0 Å². The van der Waals surface area contributed by atoms with Crippen LogP contribution >= 0.6 is 11.8 Å². The van der Waals surface area contributed by atoms with Gasteiger partial charge in [0, 0.05) is 18.0 Å². The minimum Gasteiger partial charge on any atom is -0.321 e. The molecule has 0 unspecified atom stereocenters. The molecule has 3 rings (SSSR count). The molecule has 0 radical (unpaired) electrons. The van der Waals surface area contributed by atoms with Crippen LogP contribution < -0.4 is 5.32 Å². The monoisotopic (exact) mass is 371 g/mol. The van der Waals surface area contributed by atoms with Crippen molar-refractivity contribution >= 4 is 23.4 Å². The second kappa shape index (κ2) is 8.09. The zero-order valence-electron chi connectivity index (χ0n) is 14.4. The van der Waals surface area contributed by atoms with Gasteiger partial charge in [0.1, 0.15) is 18.7 Å². The molecule has 0 bridgehead atoms. The number of halogens is 1. The summed E-state index contributed by atoms with van der Waals surface area (Å²) in [5.74, 6) is -0.369. The van der Waals surface area contributed by atoms with Crippen molar-refractivity contribution in [1.29, 1.82) is 0 Å². The van der Waals surface area contributed by atoms with E-state index in [0.717, 1.165) is 10.7 Å². The van der Waals surface area contributed by atoms with Crippen LogP contribution in [-0.2, 0) is 13.7 Å². The van der Waals surface area contributed by atoms with Gasteiger partial charge in [-0.2, -0.15) is 0 Å². The van der Waals surface area contributed by atoms with E-state index in [2.05, 4.69) is 27.4 Å². The molecule has 1 N–H and O–H groups in total. The number of hydrogen-bond donors (Lipinski definition) is 1. The molecule has 0 fully saturated rings. The average Bonchev–Trinajstić information content (AvgIpc) is 3.06. The van der Waals surface area contributed by atoms with Crippen molar-refractivity contribution in [2.75, 3.05) is 5.32 Å². The van der Waals surface area contributed by atoms with Crippen molar-refractivity contribution < 1.29 is 9.18 Å². The van der Waals surface area contributed by atoms with E-state index < -0.39 is 6.67 Å². The average molecular weight is 371 g/mol. The summed E-state index contributed by atoms with van der Waals surface area (Å²) >= 11 is 1.58. The Balaban J connectivity index is 1.72. The number of carbonyl (C=O) groups excluding carboxylic acids is 1. The Labute approximate surface area is 154 Å². The first-order chi connectivity index (χ1) is 12.6. The van der Waals surface area contributed by atoms with E-state index in [1.807, 2.05) is 29.8 Å². The van der Waals surface area contributed by atoms with Gasteiger partial charge in [0.25, 0.3) is 5.91 Å². The van der Waals surface area contributed by atoms with Gasteiger partial charge in [-0.1, -0.05) is 30.0 Å². The number of hydrogen-bond acceptors (Lipinski definition) is 5. The number of aromatic nitrogens is 4. The maximum atomic E-state index is 12.7. The van der Waals surface area contributed by atoms with Crippen LogP contribution in [0.15, 0.2) is 53.9 Å². The number of benzene rings is 1. The van der Waals surface area contributed by atoms with Crippen LogP contribution in [0.4, 0.5) is 10.1 Å². The summed E-state index contributed by atoms with van der Waals surface area (Å²) in [6.07, 6.45) is 1.66. The van der Waals surface area contributed by atoms with Crippen molar-refractivity contribution in [2.24, 2.45) is 7.05 Å². The van der Waals surface area contributed by atoms with E-state index in [4.69, 9.17) is 0 Å². The third-order valence-electron chi connectivity index (χ3n) is 3.74. The van der Waals surface area contributed by atoms with Crippen LogP contribution in [0.2, 0.25) is 0 Å². The predicted octanol–water partition coefficient (Wildman–Crippen LogP) is 3.79. The molecule has 26 heavy (non-hydrogen) atoms. The molecule has 0 saturated carbocycles. The van der Waals surface area contributed by atoms with Crippen molar-refractivity contribution in [2.45, 2.75) is 24.0 Å². The lowest BCUT2D eigenvalue weighted by Gasteiger charge is -2.13. The number of nitrogens with one attached hydrogen (secondary N) is 1. The molecule has 2 aromatic heterocycles. The minimum atomic E-state index is -0.701. The summed E-state index contributed by atoms with van der Waals surface area (Å²) in [7, 11) is 1.89. The van der Waals surface area contributed by atoms with Gasteiger partial charge in [-0.25, -0.2) is 9.37 Å². The molecule has 8 heteroatoms. The molecule has 1 aromatic carbocycles. The van der Waals surface area contributed by atoms with Crippen LogP contribution in [-0.4, -0.2) is 25.7 Å². The van der Waals surface area contributed by atoms with Gasteiger partial charge < -0.3 is 9.88 Å². The Bertz CT molecular complexity index is 914. The lowest BCUT2D eigenvalue weighted by molar-refractivity contribution is 0.102. The van der Waals surface area contributed by atoms with Crippen LogP contribution in [0.3, 0.4) is 0 Å². The summed E-state index contributed by atoms with van der Waals surface area (Å²) in [5, 5.41) is 11.7. The topological polar surface area (TPSA) is 72.7 Å². The Kier molecular flexibility index (Phi) is 5.62. The van der Waals surface area contributed by atoms with Crippen LogP contribution in [0, 0.1) is 0 Å². The first-order valence-corrected chi connectivity index (χ1v) is 8.88. The second-order valence-corrected chi connectivity index (χ2v) is 7.02. The number of amides is 1. The second-order valence-electron chi connectivity index (χ2n) is 5.71. The first-order valence-electron chi connectivity index (χ1n) is 8.00. The molecule has 0 aliphatic rings. The maximum absolute atomic E-state index is 12.7. The van der Waals surface area contributed by atoms with Crippen LogP contribution in [0.1, 0.15) is 33.9 Å². The van der Waals surface area contributed by atoms with Gasteiger partial charge in [-0.3, -0.25) is 4.79 Å². The molecule has 0 aliphatic heterocycles. The zero-order chi connectivity index (χ0) is 18.5. The van der Waals surface area contributed by atoms with Gasteiger partial charge in [-0.15, -0.1) is 10.2 Å². The molecule has 3 aromatic rings. The highest BCUT2D eigenvalue weighted by molar-refractivity contribution is 7.99. The smallest absolute Gasteiger partial charge is 0.274 e. The molecule has 1 amide bonds. The van der Waals surface area contributed by atoms with Crippen molar-refractivity contribution in [1.82, 2.24) is 19.7 Å². The SMILES string of the molecule is C[C@H](Sc1nncn1C)c1cccc(NC(=O)c2cccc(CF)n2)c1. The fraction of sp³-hybridized carbons (Fsp3) is 0.222. The quantitative estimate of drug-likeness (QED) is 0.668. The Morgan fingerprint density at radius 2 is 2.12 bits per heavy atom. The van der Waals surface area contributed by atoms with Crippen molar-refractivity contribution in [3.63, 3.8) is 0 Å². The fourth-order valence-electron chi connectivity index (χ4n) is 2.35. The summed E-state index contributed by atoms with van der Waals surface area (Å²) in [6, 6.07) is 12.3. The Morgan fingerprint density at radius 1 is 1.31 bits per heavy atom. The number of rotatable bonds is 6. The molecule has 6 nitrogen and oxygen atoms in total. The largest absolute Gasteiger partial charge is 0.321 e. The molecular formula is C18H18FN5OS. The van der Waals surface area contributed by atoms with E-state index in [1.54, 1.807) is 42.4 Å². The van der Waals surface area contributed by atoms with Crippen molar-refractivity contribution in [3.8, 4) is 0 Å². The van der Waals surface area contributed by atoms with E-state index in [0.29, 0.717) is 5.69 Å². The lowest BCUT2D eigenvalue weighted by Crippen LogP contribution is -2.14. The van der Waals surface area contributed by atoms with Gasteiger partial charge in [0.15, 0.2) is 5.16 Å². The fourth-order valence-corrected chi connectivity index (χ4v) is 3.26. The third kappa shape index (κ3) is 4.26. The molecule has 0 saturated heterocycles. The highest BCUT2D eigenvalue weighted by atomic mass is 32.2. The number of anilines is 1. The minimum absolute atomic E-state index is 0.128. The highest BCUT2D eigenvalue weighted by Crippen LogP contribution is 2.34. The molecule has 0 spiro atoms. The maximum Gasteiger partial charge on any atom is 0.274 e. The Hall–Kier alpha value is -2.74. The van der Waals surface area contributed by atoms with Crippen LogP contribution in [0.25, 0.3) is 0 Å². The number of alkyl halides is 1. The number of nitrogens with zero attached hydrogens (tertiary/aromatic N) is 4. The zero-order valence-corrected chi connectivity index (χ0v) is 15.2. The van der Waals surface area contributed by atoms with Gasteiger partial charge in [0.2, 0.25) is 0 Å². The summed E-state index contributed by atoms with van der Waals surface area (Å²) in [4.78, 5) is 16.3. The van der Waals surface area contributed by atoms with Gasteiger partial charge in [-0.05, 0) is 36.8 Å².